The quantitative estimate of drug-likeness (QED) is 0.820. The van der Waals surface area contributed by atoms with E-state index in [1.165, 1.54) is 0 Å². The molecule has 4 heteroatoms. The lowest BCUT2D eigenvalue weighted by Gasteiger charge is -2.20. The van der Waals surface area contributed by atoms with Gasteiger partial charge < -0.3 is 10.6 Å². The van der Waals surface area contributed by atoms with Gasteiger partial charge in [-0.2, -0.15) is 5.26 Å². The molecule has 1 saturated heterocycles. The Kier molecular flexibility index (Phi) is 4.76. The SMILES string of the molecule is N#C[C@@H]1CCCN1C(=O)CC(N)C#Cc1ccccc1. The molecule has 102 valence electrons. The zero-order chi connectivity index (χ0) is 14.4. The van der Waals surface area contributed by atoms with Crippen molar-refractivity contribution in [2.75, 3.05) is 6.54 Å². The van der Waals surface area contributed by atoms with Crippen LogP contribution in [0.4, 0.5) is 0 Å². The van der Waals surface area contributed by atoms with Crippen LogP contribution in [-0.4, -0.2) is 29.4 Å². The molecule has 0 saturated carbocycles. The number of carbonyl (C=O) groups excluding carboxylic acids is 1. The fourth-order valence-electron chi connectivity index (χ4n) is 2.25. The molecule has 0 bridgehead atoms. The predicted octanol–water partition coefficient (Wildman–Crippen LogP) is 1.27. The van der Waals surface area contributed by atoms with Crippen LogP contribution in [-0.2, 0) is 4.79 Å². The highest BCUT2D eigenvalue weighted by molar-refractivity contribution is 5.78. The van der Waals surface area contributed by atoms with Gasteiger partial charge in [0.25, 0.3) is 0 Å². The largest absolute Gasteiger partial charge is 0.327 e. The zero-order valence-corrected chi connectivity index (χ0v) is 11.2. The topological polar surface area (TPSA) is 70.1 Å². The minimum atomic E-state index is -0.498. The van der Waals surface area contributed by atoms with E-state index in [0.717, 1.165) is 18.4 Å². The van der Waals surface area contributed by atoms with E-state index in [-0.39, 0.29) is 18.4 Å². The lowest BCUT2D eigenvalue weighted by Crippen LogP contribution is -2.38. The second-order valence-electron chi connectivity index (χ2n) is 4.82. The molecule has 1 aliphatic heterocycles. The van der Waals surface area contributed by atoms with Crippen LogP contribution < -0.4 is 5.73 Å². The average molecular weight is 267 g/mol. The van der Waals surface area contributed by atoms with Gasteiger partial charge in [-0.05, 0) is 25.0 Å². The number of hydrogen-bond donors (Lipinski definition) is 1. The van der Waals surface area contributed by atoms with E-state index in [2.05, 4.69) is 17.9 Å². The monoisotopic (exact) mass is 267 g/mol. The van der Waals surface area contributed by atoms with Crippen molar-refractivity contribution in [3.05, 3.63) is 35.9 Å². The van der Waals surface area contributed by atoms with Gasteiger partial charge in [0.05, 0.1) is 18.5 Å². The summed E-state index contributed by atoms with van der Waals surface area (Å²) >= 11 is 0. The number of carbonyl (C=O) groups is 1. The molecule has 1 fully saturated rings. The van der Waals surface area contributed by atoms with E-state index in [1.54, 1.807) is 4.90 Å². The van der Waals surface area contributed by atoms with Crippen molar-refractivity contribution in [3.63, 3.8) is 0 Å². The highest BCUT2D eigenvalue weighted by atomic mass is 16.2. The molecule has 1 aromatic rings. The summed E-state index contributed by atoms with van der Waals surface area (Å²) in [6.07, 6.45) is 1.81. The van der Waals surface area contributed by atoms with E-state index in [1.807, 2.05) is 30.3 Å². The van der Waals surface area contributed by atoms with Crippen LogP contribution >= 0.6 is 0 Å². The molecule has 1 heterocycles. The molecule has 4 nitrogen and oxygen atoms in total. The normalized spacial score (nSPS) is 18.8. The first-order valence-corrected chi connectivity index (χ1v) is 6.72. The van der Waals surface area contributed by atoms with Crippen molar-refractivity contribution in [3.8, 4) is 17.9 Å². The van der Waals surface area contributed by atoms with E-state index in [9.17, 15) is 4.79 Å². The third-order valence-corrected chi connectivity index (χ3v) is 3.29. The van der Waals surface area contributed by atoms with Crippen LogP contribution in [0.25, 0.3) is 0 Å². The van der Waals surface area contributed by atoms with Gasteiger partial charge in [-0.1, -0.05) is 30.0 Å². The molecule has 1 amide bonds. The number of benzene rings is 1. The fourth-order valence-corrected chi connectivity index (χ4v) is 2.25. The number of likely N-dealkylation sites (tertiary alicyclic amines) is 1. The molecule has 2 N–H and O–H groups in total. The Morgan fingerprint density at radius 2 is 2.20 bits per heavy atom. The third kappa shape index (κ3) is 3.60. The number of hydrogen-bond acceptors (Lipinski definition) is 3. The Morgan fingerprint density at radius 3 is 2.90 bits per heavy atom. The number of rotatable bonds is 2. The minimum absolute atomic E-state index is 0.0797. The summed E-state index contributed by atoms with van der Waals surface area (Å²) in [4.78, 5) is 13.7. The molecule has 0 aromatic heterocycles. The molecular formula is C16H17N3O. The maximum Gasteiger partial charge on any atom is 0.226 e. The number of nitrogens with zero attached hydrogens (tertiary/aromatic N) is 2. The molecule has 1 aliphatic rings. The Balaban J connectivity index is 1.92. The lowest BCUT2D eigenvalue weighted by atomic mass is 10.1. The third-order valence-electron chi connectivity index (χ3n) is 3.29. The van der Waals surface area contributed by atoms with Gasteiger partial charge in [0, 0.05) is 12.1 Å². The summed E-state index contributed by atoms with van der Waals surface area (Å²) < 4.78 is 0. The first-order valence-electron chi connectivity index (χ1n) is 6.72. The van der Waals surface area contributed by atoms with E-state index in [0.29, 0.717) is 6.54 Å². The summed E-state index contributed by atoms with van der Waals surface area (Å²) in [7, 11) is 0. The van der Waals surface area contributed by atoms with Crippen LogP contribution in [0.2, 0.25) is 0 Å². The number of nitriles is 1. The van der Waals surface area contributed by atoms with Gasteiger partial charge in [0.2, 0.25) is 5.91 Å². The van der Waals surface area contributed by atoms with Crippen LogP contribution in [0.1, 0.15) is 24.8 Å². The van der Waals surface area contributed by atoms with Crippen molar-refractivity contribution in [2.24, 2.45) is 5.73 Å². The average Bonchev–Trinajstić information content (AvgIpc) is 2.95. The molecule has 0 spiro atoms. The summed E-state index contributed by atoms with van der Waals surface area (Å²) in [5.41, 5.74) is 6.75. The number of nitrogens with two attached hydrogens (primary N) is 1. The van der Waals surface area contributed by atoms with Crippen molar-refractivity contribution in [1.82, 2.24) is 4.90 Å². The second-order valence-corrected chi connectivity index (χ2v) is 4.82. The summed E-state index contributed by atoms with van der Waals surface area (Å²) in [5, 5.41) is 8.97. The maximum atomic E-state index is 12.1. The standard InChI is InChI=1S/C16H17N3O/c17-12-15-7-4-10-19(15)16(20)11-14(18)9-8-13-5-2-1-3-6-13/h1-3,5-6,14-15H,4,7,10-11,18H2/t14?,15-/m0/s1. The predicted molar refractivity (Wildman–Crippen MR) is 76.3 cm³/mol. The van der Waals surface area contributed by atoms with Crippen LogP contribution in [0.5, 0.6) is 0 Å². The first-order chi connectivity index (χ1) is 9.70. The summed E-state index contributed by atoms with van der Waals surface area (Å²) in [5.74, 6) is 5.76. The van der Waals surface area contributed by atoms with E-state index < -0.39 is 6.04 Å². The molecule has 1 aromatic carbocycles. The van der Waals surface area contributed by atoms with Crippen molar-refractivity contribution in [1.29, 1.82) is 5.26 Å². The van der Waals surface area contributed by atoms with Crippen LogP contribution in [0.15, 0.2) is 30.3 Å². The fraction of sp³-hybridized carbons (Fsp3) is 0.375. The lowest BCUT2D eigenvalue weighted by molar-refractivity contribution is -0.131. The van der Waals surface area contributed by atoms with E-state index >= 15 is 0 Å². The Labute approximate surface area is 119 Å². The van der Waals surface area contributed by atoms with Crippen molar-refractivity contribution in [2.45, 2.75) is 31.3 Å². The molecule has 20 heavy (non-hydrogen) atoms. The molecule has 1 unspecified atom stereocenters. The summed E-state index contributed by atoms with van der Waals surface area (Å²) in [6.45, 7) is 0.649. The van der Waals surface area contributed by atoms with Crippen molar-refractivity contribution >= 4 is 5.91 Å². The van der Waals surface area contributed by atoms with Gasteiger partial charge in [-0.3, -0.25) is 4.79 Å². The van der Waals surface area contributed by atoms with Gasteiger partial charge in [0.15, 0.2) is 0 Å². The smallest absolute Gasteiger partial charge is 0.226 e. The minimum Gasteiger partial charge on any atom is -0.327 e. The summed E-state index contributed by atoms with van der Waals surface area (Å²) in [6, 6.07) is 10.9. The van der Waals surface area contributed by atoms with Crippen LogP contribution in [0, 0.1) is 23.2 Å². The Bertz CT molecular complexity index is 565. The molecule has 2 rings (SSSR count). The van der Waals surface area contributed by atoms with Gasteiger partial charge >= 0.3 is 0 Å². The second kappa shape index (κ2) is 6.75. The highest BCUT2D eigenvalue weighted by Gasteiger charge is 2.28. The van der Waals surface area contributed by atoms with Gasteiger partial charge in [-0.15, -0.1) is 0 Å². The van der Waals surface area contributed by atoms with Gasteiger partial charge in [-0.25, -0.2) is 0 Å². The van der Waals surface area contributed by atoms with Gasteiger partial charge in [0.1, 0.15) is 6.04 Å². The number of amides is 1. The highest BCUT2D eigenvalue weighted by Crippen LogP contribution is 2.17. The maximum absolute atomic E-state index is 12.1. The Hall–Kier alpha value is -2.30. The molecule has 0 radical (unpaired) electrons. The molecule has 2 atom stereocenters. The Morgan fingerprint density at radius 1 is 1.45 bits per heavy atom. The molecule has 0 aliphatic carbocycles. The van der Waals surface area contributed by atoms with Crippen LogP contribution in [0.3, 0.4) is 0 Å². The first kappa shape index (κ1) is 14.1. The molecular weight excluding hydrogens is 250 g/mol. The van der Waals surface area contributed by atoms with E-state index in [4.69, 9.17) is 11.0 Å². The van der Waals surface area contributed by atoms with Crippen molar-refractivity contribution < 1.29 is 4.79 Å². The zero-order valence-electron chi connectivity index (χ0n) is 11.2.